The summed E-state index contributed by atoms with van der Waals surface area (Å²) in [4.78, 5) is 0. The van der Waals surface area contributed by atoms with Gasteiger partial charge >= 0.3 is 0 Å². The third kappa shape index (κ3) is 0.779. The summed E-state index contributed by atoms with van der Waals surface area (Å²) in [5.41, 5.74) is 0. The summed E-state index contributed by atoms with van der Waals surface area (Å²) in [6.07, 6.45) is 1.75. The van der Waals surface area contributed by atoms with Crippen molar-refractivity contribution in [3.63, 3.8) is 0 Å². The van der Waals surface area contributed by atoms with Crippen molar-refractivity contribution >= 4 is 0 Å². The van der Waals surface area contributed by atoms with Gasteiger partial charge in [-0.15, -0.1) is 0 Å². The van der Waals surface area contributed by atoms with Gasteiger partial charge in [0, 0.05) is 7.11 Å². The zero-order valence-electron chi connectivity index (χ0n) is 6.24. The van der Waals surface area contributed by atoms with E-state index in [1.165, 1.54) is 0 Å². The molecule has 0 N–H and O–H groups in total. The Hall–Kier alpha value is -0.120. The molecule has 3 nitrogen and oxygen atoms in total. The fourth-order valence-corrected chi connectivity index (χ4v) is 1.50. The number of rotatable bonds is 2. The first-order valence-electron chi connectivity index (χ1n) is 3.70. The predicted molar refractivity (Wildman–Crippen MR) is 34.6 cm³/mol. The van der Waals surface area contributed by atoms with Crippen molar-refractivity contribution in [2.75, 3.05) is 7.11 Å². The highest BCUT2D eigenvalue weighted by atomic mass is 16.8. The Morgan fingerprint density at radius 1 is 1.30 bits per heavy atom. The molecule has 0 spiro atoms. The first kappa shape index (κ1) is 6.58. The Balaban J connectivity index is 1.95. The Morgan fingerprint density at radius 2 is 2.10 bits per heavy atom. The topological polar surface area (TPSA) is 31.0 Å². The van der Waals surface area contributed by atoms with Gasteiger partial charge in [0.05, 0.1) is 6.10 Å². The maximum Gasteiger partial charge on any atom is 0.186 e. The van der Waals surface area contributed by atoms with Crippen LogP contribution in [0.25, 0.3) is 0 Å². The van der Waals surface area contributed by atoms with E-state index < -0.39 is 0 Å². The largest absolute Gasteiger partial charge is 0.361 e. The lowest BCUT2D eigenvalue weighted by Gasteiger charge is -2.13. The molecule has 2 aliphatic rings. The molecule has 1 unspecified atom stereocenters. The van der Waals surface area contributed by atoms with Crippen molar-refractivity contribution < 1.29 is 14.2 Å². The minimum Gasteiger partial charge on any atom is -0.361 e. The quantitative estimate of drug-likeness (QED) is 0.530. The molecular weight excluding hydrogens is 132 g/mol. The van der Waals surface area contributed by atoms with E-state index in [0.29, 0.717) is 6.10 Å². The number of epoxide rings is 1. The highest BCUT2D eigenvalue weighted by Crippen LogP contribution is 2.40. The third-order valence-electron chi connectivity index (χ3n) is 2.14. The Labute approximate surface area is 60.3 Å². The second-order valence-electron chi connectivity index (χ2n) is 2.75. The van der Waals surface area contributed by atoms with Crippen LogP contribution < -0.4 is 0 Å². The van der Waals surface area contributed by atoms with E-state index in [0.717, 1.165) is 6.42 Å². The first-order valence-corrected chi connectivity index (χ1v) is 3.70. The monoisotopic (exact) mass is 144 g/mol. The Bertz CT molecular complexity index is 123. The Kier molecular flexibility index (Phi) is 1.44. The van der Waals surface area contributed by atoms with E-state index in [-0.39, 0.29) is 18.5 Å². The molecule has 3 heteroatoms. The lowest BCUT2D eigenvalue weighted by molar-refractivity contribution is -0.158. The maximum absolute atomic E-state index is 5.47. The molecule has 0 aromatic rings. The van der Waals surface area contributed by atoms with Crippen LogP contribution in [0.3, 0.4) is 0 Å². The van der Waals surface area contributed by atoms with Crippen LogP contribution in [0.5, 0.6) is 0 Å². The van der Waals surface area contributed by atoms with Gasteiger partial charge in [-0.2, -0.15) is 0 Å². The van der Waals surface area contributed by atoms with Gasteiger partial charge in [0.2, 0.25) is 0 Å². The van der Waals surface area contributed by atoms with Crippen molar-refractivity contribution in [2.24, 2.45) is 0 Å². The normalized spacial score (nSPS) is 51.0. The molecule has 0 bridgehead atoms. The molecule has 0 saturated carbocycles. The molecule has 2 fully saturated rings. The molecule has 2 rings (SSSR count). The van der Waals surface area contributed by atoms with Gasteiger partial charge in [-0.25, -0.2) is 0 Å². The van der Waals surface area contributed by atoms with Crippen LogP contribution in [0.15, 0.2) is 0 Å². The smallest absolute Gasteiger partial charge is 0.186 e. The minimum absolute atomic E-state index is 0.102. The third-order valence-corrected chi connectivity index (χ3v) is 2.14. The van der Waals surface area contributed by atoms with Crippen molar-refractivity contribution in [3.8, 4) is 0 Å². The molecule has 0 amide bonds. The van der Waals surface area contributed by atoms with E-state index >= 15 is 0 Å². The van der Waals surface area contributed by atoms with Gasteiger partial charge in [0.25, 0.3) is 0 Å². The lowest BCUT2D eigenvalue weighted by atomic mass is 10.2. The molecule has 0 radical (unpaired) electrons. The molecule has 2 saturated heterocycles. The number of hydrogen-bond acceptors (Lipinski definition) is 3. The molecule has 4 atom stereocenters. The first-order chi connectivity index (χ1) is 4.86. The van der Waals surface area contributed by atoms with Gasteiger partial charge < -0.3 is 14.2 Å². The van der Waals surface area contributed by atoms with Crippen LogP contribution in [0, 0.1) is 0 Å². The fraction of sp³-hybridized carbons (Fsp3) is 1.00. The zero-order chi connectivity index (χ0) is 7.14. The molecule has 10 heavy (non-hydrogen) atoms. The SMILES string of the molecule is CC[C@H]1O[C@@H](OC)C2O[C@@H]21. The summed E-state index contributed by atoms with van der Waals surface area (Å²) in [6, 6.07) is 0. The summed E-state index contributed by atoms with van der Waals surface area (Å²) in [7, 11) is 1.65. The number of ether oxygens (including phenoxy) is 3. The maximum atomic E-state index is 5.47. The second kappa shape index (κ2) is 2.19. The van der Waals surface area contributed by atoms with Gasteiger partial charge in [0.1, 0.15) is 12.2 Å². The summed E-state index contributed by atoms with van der Waals surface area (Å²) >= 11 is 0. The van der Waals surface area contributed by atoms with Gasteiger partial charge in [0.15, 0.2) is 6.29 Å². The van der Waals surface area contributed by atoms with Crippen molar-refractivity contribution in [2.45, 2.75) is 37.9 Å². The second-order valence-corrected chi connectivity index (χ2v) is 2.75. The van der Waals surface area contributed by atoms with Crippen LogP contribution in [0.2, 0.25) is 0 Å². The van der Waals surface area contributed by atoms with Gasteiger partial charge in [-0.05, 0) is 6.42 Å². The standard InChI is InChI=1S/C7H12O3/c1-3-4-5-6(10-5)7(8-2)9-4/h4-7H,3H2,1-2H3/t4-,5-,6?,7-/m1/s1. The molecular formula is C7H12O3. The highest BCUT2D eigenvalue weighted by Gasteiger charge is 2.57. The highest BCUT2D eigenvalue weighted by molar-refractivity contribution is 4.99. The van der Waals surface area contributed by atoms with Crippen LogP contribution in [-0.2, 0) is 14.2 Å². The van der Waals surface area contributed by atoms with Crippen LogP contribution >= 0.6 is 0 Å². The van der Waals surface area contributed by atoms with Crippen molar-refractivity contribution in [3.05, 3.63) is 0 Å². The van der Waals surface area contributed by atoms with Crippen molar-refractivity contribution in [1.82, 2.24) is 0 Å². The van der Waals surface area contributed by atoms with Crippen LogP contribution in [0.4, 0.5) is 0 Å². The van der Waals surface area contributed by atoms with E-state index in [4.69, 9.17) is 14.2 Å². The fourth-order valence-electron chi connectivity index (χ4n) is 1.50. The number of fused-ring (bicyclic) bond motifs is 1. The van der Waals surface area contributed by atoms with E-state index in [9.17, 15) is 0 Å². The van der Waals surface area contributed by atoms with E-state index in [2.05, 4.69) is 6.92 Å². The van der Waals surface area contributed by atoms with Gasteiger partial charge in [-0.3, -0.25) is 0 Å². The van der Waals surface area contributed by atoms with Crippen LogP contribution in [0.1, 0.15) is 13.3 Å². The van der Waals surface area contributed by atoms with Crippen molar-refractivity contribution in [1.29, 1.82) is 0 Å². The molecule has 0 aromatic carbocycles. The molecule has 0 aromatic heterocycles. The summed E-state index contributed by atoms with van der Waals surface area (Å²) in [5, 5.41) is 0. The zero-order valence-corrected chi connectivity index (χ0v) is 6.24. The average Bonchev–Trinajstić information content (AvgIpc) is 2.67. The molecule has 2 aliphatic heterocycles. The summed E-state index contributed by atoms with van der Waals surface area (Å²) in [5.74, 6) is 0. The predicted octanol–water partition coefficient (Wildman–Crippen LogP) is 0.535. The summed E-state index contributed by atoms with van der Waals surface area (Å²) in [6.45, 7) is 2.10. The van der Waals surface area contributed by atoms with Crippen LogP contribution in [-0.4, -0.2) is 31.7 Å². The van der Waals surface area contributed by atoms with E-state index in [1.807, 2.05) is 0 Å². The lowest BCUT2D eigenvalue weighted by Crippen LogP contribution is -2.20. The van der Waals surface area contributed by atoms with E-state index in [1.54, 1.807) is 7.11 Å². The minimum atomic E-state index is -0.102. The number of methoxy groups -OCH3 is 1. The molecule has 58 valence electrons. The molecule has 2 heterocycles. The van der Waals surface area contributed by atoms with Gasteiger partial charge in [-0.1, -0.05) is 6.92 Å². The summed E-state index contributed by atoms with van der Waals surface area (Å²) < 4.78 is 15.8. The Morgan fingerprint density at radius 3 is 2.50 bits per heavy atom. The molecule has 0 aliphatic carbocycles. The average molecular weight is 144 g/mol. The number of hydrogen-bond donors (Lipinski definition) is 0.